The molecule has 23 heavy (non-hydrogen) atoms. The fraction of sp³-hybridized carbons (Fsp3) is 0.733. The van der Waals surface area contributed by atoms with Gasteiger partial charge in [-0.15, -0.1) is 11.3 Å². The molecule has 0 saturated carbocycles. The predicted octanol–water partition coefficient (Wildman–Crippen LogP) is 2.57. The predicted molar refractivity (Wildman–Crippen MR) is 92.7 cm³/mol. The largest absolute Gasteiger partial charge is 0.381 e. The molecule has 0 unspecified atom stereocenters. The van der Waals surface area contributed by atoms with E-state index in [4.69, 9.17) is 16.3 Å². The summed E-state index contributed by atoms with van der Waals surface area (Å²) in [5.41, 5.74) is 0. The maximum atomic E-state index is 12.2. The van der Waals surface area contributed by atoms with Crippen LogP contribution in [0.25, 0.3) is 0 Å². The van der Waals surface area contributed by atoms with Gasteiger partial charge in [0.15, 0.2) is 0 Å². The van der Waals surface area contributed by atoms with Crippen molar-refractivity contribution in [3.05, 3.63) is 16.5 Å². The van der Waals surface area contributed by atoms with Crippen LogP contribution in [0.2, 0.25) is 4.34 Å². The van der Waals surface area contributed by atoms with E-state index in [0.29, 0.717) is 27.1 Å². The summed E-state index contributed by atoms with van der Waals surface area (Å²) in [6.45, 7) is 4.37. The molecule has 3 heterocycles. The highest BCUT2D eigenvalue weighted by Gasteiger charge is 2.27. The van der Waals surface area contributed by atoms with Gasteiger partial charge >= 0.3 is 0 Å². The molecule has 0 atom stereocenters. The molecule has 5 nitrogen and oxygen atoms in total. The lowest BCUT2D eigenvalue weighted by Crippen LogP contribution is -2.45. The maximum absolute atomic E-state index is 12.2. The molecule has 130 valence electrons. The van der Waals surface area contributed by atoms with Gasteiger partial charge in [0.25, 0.3) is 0 Å². The topological polar surface area (TPSA) is 58.6 Å². The highest BCUT2D eigenvalue weighted by Crippen LogP contribution is 2.26. The number of hydrogen-bond acceptors (Lipinski definition) is 5. The number of sulfonamides is 1. The molecule has 0 aromatic carbocycles. The van der Waals surface area contributed by atoms with Gasteiger partial charge in [0.05, 0.1) is 4.34 Å². The van der Waals surface area contributed by atoms with E-state index in [-0.39, 0.29) is 0 Å². The van der Waals surface area contributed by atoms with Gasteiger partial charge in [0, 0.05) is 25.8 Å². The zero-order valence-corrected chi connectivity index (χ0v) is 15.4. The van der Waals surface area contributed by atoms with Crippen LogP contribution < -0.4 is 4.72 Å². The summed E-state index contributed by atoms with van der Waals surface area (Å²) in [6.07, 6.45) is 4.34. The van der Waals surface area contributed by atoms with E-state index in [2.05, 4.69) is 9.62 Å². The van der Waals surface area contributed by atoms with Crippen molar-refractivity contribution in [1.82, 2.24) is 9.62 Å². The smallest absolute Gasteiger partial charge is 0.250 e. The first kappa shape index (κ1) is 17.6. The summed E-state index contributed by atoms with van der Waals surface area (Å²) in [7, 11) is -3.42. The summed E-state index contributed by atoms with van der Waals surface area (Å²) in [4.78, 5) is 2.55. The number of piperidine rings is 1. The first-order valence-electron chi connectivity index (χ1n) is 8.11. The van der Waals surface area contributed by atoms with Crippen LogP contribution in [0, 0.1) is 5.92 Å². The van der Waals surface area contributed by atoms with E-state index in [9.17, 15) is 8.42 Å². The van der Waals surface area contributed by atoms with Gasteiger partial charge in [-0.25, -0.2) is 13.1 Å². The molecule has 1 aromatic heterocycles. The summed E-state index contributed by atoms with van der Waals surface area (Å²) in [5, 5.41) is 0. The van der Waals surface area contributed by atoms with Crippen LogP contribution in [0.15, 0.2) is 16.3 Å². The van der Waals surface area contributed by atoms with E-state index in [0.717, 1.165) is 63.3 Å². The monoisotopic (exact) mass is 378 g/mol. The molecule has 0 amide bonds. The highest BCUT2D eigenvalue weighted by molar-refractivity contribution is 7.91. The van der Waals surface area contributed by atoms with Crippen LogP contribution in [-0.4, -0.2) is 52.2 Å². The lowest BCUT2D eigenvalue weighted by atomic mass is 9.94. The minimum Gasteiger partial charge on any atom is -0.381 e. The minimum absolute atomic E-state index is 0.294. The lowest BCUT2D eigenvalue weighted by molar-refractivity contribution is 0.0214. The third-order valence-electron chi connectivity index (χ3n) is 4.73. The van der Waals surface area contributed by atoms with Gasteiger partial charge in [-0.3, -0.25) is 0 Å². The molecule has 1 aromatic rings. The molecule has 0 bridgehead atoms. The van der Waals surface area contributed by atoms with E-state index in [1.165, 1.54) is 0 Å². The molecule has 2 saturated heterocycles. The minimum atomic E-state index is -3.42. The van der Waals surface area contributed by atoms with Crippen molar-refractivity contribution in [2.24, 2.45) is 5.92 Å². The van der Waals surface area contributed by atoms with Crippen LogP contribution in [-0.2, 0) is 14.8 Å². The molecule has 1 N–H and O–H groups in total. The number of halogens is 1. The molecule has 0 radical (unpaired) electrons. The van der Waals surface area contributed by atoms with Crippen molar-refractivity contribution in [2.45, 2.75) is 35.9 Å². The van der Waals surface area contributed by atoms with Gasteiger partial charge in [-0.05, 0) is 56.8 Å². The molecule has 3 rings (SSSR count). The van der Waals surface area contributed by atoms with Crippen molar-refractivity contribution in [1.29, 1.82) is 0 Å². The maximum Gasteiger partial charge on any atom is 0.250 e. The molecule has 2 aliphatic rings. The first-order chi connectivity index (χ1) is 11.0. The number of ether oxygens (including phenoxy) is 1. The second kappa shape index (κ2) is 7.80. The Bertz CT molecular complexity index is 606. The van der Waals surface area contributed by atoms with Crippen LogP contribution in [0.1, 0.15) is 25.7 Å². The number of nitrogens with zero attached hydrogens (tertiary/aromatic N) is 1. The average Bonchev–Trinajstić information content (AvgIpc) is 3.02. The molecule has 0 spiro atoms. The Morgan fingerprint density at radius 3 is 2.52 bits per heavy atom. The van der Waals surface area contributed by atoms with Crippen molar-refractivity contribution in [3.8, 4) is 0 Å². The Hall–Kier alpha value is -0.180. The summed E-state index contributed by atoms with van der Waals surface area (Å²) >= 11 is 6.91. The van der Waals surface area contributed by atoms with Crippen molar-refractivity contribution < 1.29 is 13.2 Å². The zero-order valence-electron chi connectivity index (χ0n) is 13.0. The van der Waals surface area contributed by atoms with Crippen molar-refractivity contribution >= 4 is 33.0 Å². The SMILES string of the molecule is O=S(=O)(NCC1CCN(C2CCOCC2)CC1)c1ccc(Cl)s1. The number of hydrogen-bond donors (Lipinski definition) is 1. The van der Waals surface area contributed by atoms with E-state index in [1.807, 2.05) is 0 Å². The zero-order chi connectivity index (χ0) is 16.3. The second-order valence-electron chi connectivity index (χ2n) is 6.23. The fourth-order valence-electron chi connectivity index (χ4n) is 3.31. The Kier molecular flexibility index (Phi) is 5.98. The molecule has 2 aliphatic heterocycles. The van der Waals surface area contributed by atoms with Crippen molar-refractivity contribution in [3.63, 3.8) is 0 Å². The van der Waals surface area contributed by atoms with E-state index >= 15 is 0 Å². The average molecular weight is 379 g/mol. The first-order valence-corrected chi connectivity index (χ1v) is 10.8. The standard InChI is InChI=1S/C15H23ClN2O3S2/c16-14-1-2-15(22-14)23(19,20)17-11-12-3-7-18(8-4-12)13-5-9-21-10-6-13/h1-2,12-13,17H,3-11H2. The van der Waals surface area contributed by atoms with E-state index < -0.39 is 10.0 Å². The number of nitrogens with one attached hydrogen (secondary N) is 1. The Morgan fingerprint density at radius 2 is 1.91 bits per heavy atom. The van der Waals surface area contributed by atoms with Gasteiger partial charge in [-0.1, -0.05) is 11.6 Å². The van der Waals surface area contributed by atoms with E-state index in [1.54, 1.807) is 12.1 Å². The normalized spacial score (nSPS) is 22.5. The number of likely N-dealkylation sites (tertiary alicyclic amines) is 1. The molecule has 8 heteroatoms. The van der Waals surface area contributed by atoms with Crippen LogP contribution in [0.3, 0.4) is 0 Å². The second-order valence-corrected chi connectivity index (χ2v) is 9.94. The van der Waals surface area contributed by atoms with Crippen LogP contribution in [0.5, 0.6) is 0 Å². The number of rotatable bonds is 5. The van der Waals surface area contributed by atoms with Gasteiger partial charge < -0.3 is 9.64 Å². The Balaban J connectivity index is 1.45. The van der Waals surface area contributed by atoms with Crippen LogP contribution in [0.4, 0.5) is 0 Å². The van der Waals surface area contributed by atoms with Crippen molar-refractivity contribution in [2.75, 3.05) is 32.8 Å². The highest BCUT2D eigenvalue weighted by atomic mass is 35.5. The molecule has 2 fully saturated rings. The lowest BCUT2D eigenvalue weighted by Gasteiger charge is -2.39. The fourth-order valence-corrected chi connectivity index (χ4v) is 5.96. The third kappa shape index (κ3) is 4.67. The quantitative estimate of drug-likeness (QED) is 0.855. The summed E-state index contributed by atoms with van der Waals surface area (Å²) < 4.78 is 33.4. The van der Waals surface area contributed by atoms with Gasteiger partial charge in [0.1, 0.15) is 4.21 Å². The van der Waals surface area contributed by atoms with Gasteiger partial charge in [-0.2, -0.15) is 0 Å². The molecular formula is C15H23ClN2O3S2. The van der Waals surface area contributed by atoms with Crippen LogP contribution >= 0.6 is 22.9 Å². The Morgan fingerprint density at radius 1 is 1.22 bits per heavy atom. The molecular weight excluding hydrogens is 356 g/mol. The Labute approximate surface area is 147 Å². The number of thiophene rings is 1. The summed E-state index contributed by atoms with van der Waals surface area (Å²) in [5.74, 6) is 0.413. The van der Waals surface area contributed by atoms with Gasteiger partial charge in [0.2, 0.25) is 10.0 Å². The molecule has 0 aliphatic carbocycles. The summed E-state index contributed by atoms with van der Waals surface area (Å²) in [6, 6.07) is 3.82. The third-order valence-corrected chi connectivity index (χ3v) is 7.88.